The molecule has 2 aromatic rings. The fourth-order valence-electron chi connectivity index (χ4n) is 1.65. The predicted octanol–water partition coefficient (Wildman–Crippen LogP) is 4.17. The Kier molecular flexibility index (Phi) is 4.12. The van der Waals surface area contributed by atoms with Crippen molar-refractivity contribution in [3.8, 4) is 0 Å². The highest BCUT2D eigenvalue weighted by molar-refractivity contribution is 9.10. The highest BCUT2D eigenvalue weighted by Crippen LogP contribution is 2.26. The highest BCUT2D eigenvalue weighted by Gasteiger charge is 2.11. The Balaban J connectivity index is 2.18. The lowest BCUT2D eigenvalue weighted by Crippen LogP contribution is -2.10. The van der Waals surface area contributed by atoms with Crippen LogP contribution in [0.5, 0.6) is 0 Å². The van der Waals surface area contributed by atoms with E-state index in [1.807, 2.05) is 13.0 Å². The van der Waals surface area contributed by atoms with Crippen molar-refractivity contribution in [3.05, 3.63) is 38.9 Å². The molecule has 0 aliphatic rings. The molecule has 1 N–H and O–H groups in total. The van der Waals surface area contributed by atoms with Gasteiger partial charge in [0.15, 0.2) is 0 Å². The van der Waals surface area contributed by atoms with Crippen LogP contribution in [0.2, 0.25) is 0 Å². The fraction of sp³-hybridized carbons (Fsp3) is 0.333. The number of nitrogens with one attached hydrogen (secondary N) is 1. The van der Waals surface area contributed by atoms with Crippen LogP contribution in [0.3, 0.4) is 0 Å². The Morgan fingerprint density at radius 2 is 2.29 bits per heavy atom. The molecule has 2 rings (SSSR count). The molecule has 0 radical (unpaired) electrons. The average molecular weight is 312 g/mol. The Hall–Kier alpha value is -0.940. The third-order valence-corrected chi connectivity index (χ3v) is 3.82. The van der Waals surface area contributed by atoms with Crippen molar-refractivity contribution in [1.29, 1.82) is 0 Å². The zero-order valence-corrected chi connectivity index (χ0v) is 12.2. The molecule has 0 bridgehead atoms. The Morgan fingerprint density at radius 1 is 1.47 bits per heavy atom. The molecule has 0 aliphatic carbocycles. The first-order valence-corrected chi connectivity index (χ1v) is 7.17. The number of rotatable bonds is 4. The molecule has 2 heterocycles. The standard InChI is InChI=1S/C12H14BrN3S/c1-3-9(10-5-4-6-17-10)16-12-7-11(13)14-8(2)15-12/h4-7,9H,3H2,1-2H3,(H,14,15,16). The van der Waals surface area contributed by atoms with E-state index in [4.69, 9.17) is 0 Å². The monoisotopic (exact) mass is 311 g/mol. The van der Waals surface area contributed by atoms with Gasteiger partial charge in [-0.1, -0.05) is 13.0 Å². The third-order valence-electron chi connectivity index (χ3n) is 2.42. The summed E-state index contributed by atoms with van der Waals surface area (Å²) in [4.78, 5) is 9.92. The van der Waals surface area contributed by atoms with E-state index in [2.05, 4.69) is 55.7 Å². The van der Waals surface area contributed by atoms with Gasteiger partial charge >= 0.3 is 0 Å². The van der Waals surface area contributed by atoms with Crippen LogP contribution in [0, 0.1) is 6.92 Å². The summed E-state index contributed by atoms with van der Waals surface area (Å²) >= 11 is 5.15. The van der Waals surface area contributed by atoms with Gasteiger partial charge in [-0.15, -0.1) is 11.3 Å². The summed E-state index contributed by atoms with van der Waals surface area (Å²) in [6.45, 7) is 4.06. The second-order valence-electron chi connectivity index (χ2n) is 3.74. The average Bonchev–Trinajstić information content (AvgIpc) is 2.77. The summed E-state index contributed by atoms with van der Waals surface area (Å²) < 4.78 is 0.813. The molecule has 90 valence electrons. The maximum atomic E-state index is 4.38. The van der Waals surface area contributed by atoms with E-state index in [1.165, 1.54) is 4.88 Å². The summed E-state index contributed by atoms with van der Waals surface area (Å²) in [7, 11) is 0. The first-order valence-electron chi connectivity index (χ1n) is 5.50. The number of nitrogens with zero attached hydrogens (tertiary/aromatic N) is 2. The molecular weight excluding hydrogens is 298 g/mol. The molecule has 17 heavy (non-hydrogen) atoms. The van der Waals surface area contributed by atoms with Gasteiger partial charge in [-0.2, -0.15) is 0 Å². The largest absolute Gasteiger partial charge is 0.362 e. The van der Waals surface area contributed by atoms with E-state index >= 15 is 0 Å². The first kappa shape index (κ1) is 12.5. The fourth-order valence-corrected chi connectivity index (χ4v) is 2.98. The minimum atomic E-state index is 0.316. The van der Waals surface area contributed by atoms with Crippen LogP contribution < -0.4 is 5.32 Å². The van der Waals surface area contributed by atoms with Crippen molar-refractivity contribution in [2.45, 2.75) is 26.3 Å². The quantitative estimate of drug-likeness (QED) is 0.861. The number of aromatic nitrogens is 2. The van der Waals surface area contributed by atoms with Crippen molar-refractivity contribution in [3.63, 3.8) is 0 Å². The van der Waals surface area contributed by atoms with Gasteiger partial charge in [0.05, 0.1) is 6.04 Å². The second kappa shape index (κ2) is 5.60. The Morgan fingerprint density at radius 3 is 2.88 bits per heavy atom. The summed E-state index contributed by atoms with van der Waals surface area (Å²) in [6.07, 6.45) is 1.03. The van der Waals surface area contributed by atoms with Crippen LogP contribution in [-0.2, 0) is 0 Å². The van der Waals surface area contributed by atoms with E-state index in [-0.39, 0.29) is 0 Å². The zero-order valence-electron chi connectivity index (χ0n) is 9.77. The van der Waals surface area contributed by atoms with Gasteiger partial charge in [0.1, 0.15) is 16.2 Å². The van der Waals surface area contributed by atoms with Crippen LogP contribution in [0.15, 0.2) is 28.2 Å². The van der Waals surface area contributed by atoms with Gasteiger partial charge in [-0.25, -0.2) is 9.97 Å². The molecule has 0 saturated heterocycles. The van der Waals surface area contributed by atoms with Crippen LogP contribution in [0.25, 0.3) is 0 Å². The molecule has 0 amide bonds. The maximum absolute atomic E-state index is 4.38. The van der Waals surface area contributed by atoms with Gasteiger partial charge in [0.25, 0.3) is 0 Å². The molecule has 0 spiro atoms. The molecule has 1 unspecified atom stereocenters. The molecule has 3 nitrogen and oxygen atoms in total. The smallest absolute Gasteiger partial charge is 0.131 e. The van der Waals surface area contributed by atoms with Gasteiger partial charge in [0.2, 0.25) is 0 Å². The number of halogens is 1. The van der Waals surface area contributed by atoms with Crippen LogP contribution in [-0.4, -0.2) is 9.97 Å². The SMILES string of the molecule is CCC(Nc1cc(Br)nc(C)n1)c1cccs1. The van der Waals surface area contributed by atoms with Crippen molar-refractivity contribution in [2.75, 3.05) is 5.32 Å². The van der Waals surface area contributed by atoms with Crippen molar-refractivity contribution in [2.24, 2.45) is 0 Å². The lowest BCUT2D eigenvalue weighted by molar-refractivity contribution is 0.756. The summed E-state index contributed by atoms with van der Waals surface area (Å²) in [5, 5.41) is 5.54. The molecule has 0 saturated carbocycles. The summed E-state index contributed by atoms with van der Waals surface area (Å²) in [5.74, 6) is 1.63. The van der Waals surface area contributed by atoms with Gasteiger partial charge in [-0.05, 0) is 40.7 Å². The predicted molar refractivity (Wildman–Crippen MR) is 75.4 cm³/mol. The normalized spacial score (nSPS) is 12.4. The lowest BCUT2D eigenvalue weighted by atomic mass is 10.2. The molecule has 0 fully saturated rings. The lowest BCUT2D eigenvalue weighted by Gasteiger charge is -2.16. The van der Waals surface area contributed by atoms with E-state index in [9.17, 15) is 0 Å². The second-order valence-corrected chi connectivity index (χ2v) is 5.54. The number of hydrogen-bond acceptors (Lipinski definition) is 4. The summed E-state index contributed by atoms with van der Waals surface area (Å²) in [5.41, 5.74) is 0. The molecule has 0 aromatic carbocycles. The topological polar surface area (TPSA) is 37.8 Å². The van der Waals surface area contributed by atoms with Crippen LogP contribution in [0.4, 0.5) is 5.82 Å². The van der Waals surface area contributed by atoms with Gasteiger partial charge in [0, 0.05) is 10.9 Å². The van der Waals surface area contributed by atoms with Crippen LogP contribution in [0.1, 0.15) is 30.1 Å². The zero-order chi connectivity index (χ0) is 12.3. The van der Waals surface area contributed by atoms with Crippen molar-refractivity contribution in [1.82, 2.24) is 9.97 Å². The molecule has 1 atom stereocenters. The minimum absolute atomic E-state index is 0.316. The van der Waals surface area contributed by atoms with E-state index in [0.717, 1.165) is 22.7 Å². The number of hydrogen-bond donors (Lipinski definition) is 1. The van der Waals surface area contributed by atoms with Crippen molar-refractivity contribution < 1.29 is 0 Å². The van der Waals surface area contributed by atoms with Crippen molar-refractivity contribution >= 4 is 33.1 Å². The van der Waals surface area contributed by atoms with E-state index in [1.54, 1.807) is 11.3 Å². The van der Waals surface area contributed by atoms with Crippen LogP contribution >= 0.6 is 27.3 Å². The Labute approximate surface area is 113 Å². The number of thiophene rings is 1. The van der Waals surface area contributed by atoms with Gasteiger partial charge < -0.3 is 5.32 Å². The van der Waals surface area contributed by atoms with E-state index < -0.39 is 0 Å². The number of aryl methyl sites for hydroxylation is 1. The maximum Gasteiger partial charge on any atom is 0.131 e. The first-order chi connectivity index (χ1) is 8.19. The third kappa shape index (κ3) is 3.26. The minimum Gasteiger partial charge on any atom is -0.362 e. The highest BCUT2D eigenvalue weighted by atomic mass is 79.9. The van der Waals surface area contributed by atoms with E-state index in [0.29, 0.717) is 6.04 Å². The molecular formula is C12H14BrN3S. The molecule has 0 aliphatic heterocycles. The molecule has 2 aromatic heterocycles. The molecule has 5 heteroatoms. The Bertz CT molecular complexity index is 464. The summed E-state index contributed by atoms with van der Waals surface area (Å²) in [6, 6.07) is 6.44. The number of anilines is 1. The van der Waals surface area contributed by atoms with Gasteiger partial charge in [-0.3, -0.25) is 0 Å².